The predicted molar refractivity (Wildman–Crippen MR) is 115 cm³/mol. The van der Waals surface area contributed by atoms with Gasteiger partial charge >= 0.3 is 6.18 Å². The third kappa shape index (κ3) is 3.90. The first-order chi connectivity index (χ1) is 16.7. The molecule has 0 amide bonds. The van der Waals surface area contributed by atoms with Crippen LogP contribution in [-0.4, -0.2) is 47.0 Å². The van der Waals surface area contributed by atoms with Crippen LogP contribution in [0, 0.1) is 18.6 Å². The highest BCUT2D eigenvalue weighted by molar-refractivity contribution is 5.64. The molecular weight excluding hydrogens is 471 g/mol. The van der Waals surface area contributed by atoms with Crippen LogP contribution in [0.25, 0.3) is 23.0 Å². The number of rotatable bonds is 5. The predicted octanol–water partition coefficient (Wildman–Crippen LogP) is 4.72. The number of hydrogen-bond donors (Lipinski definition) is 0. The van der Waals surface area contributed by atoms with E-state index in [9.17, 15) is 22.0 Å². The third-order valence-electron chi connectivity index (χ3n) is 5.85. The fourth-order valence-electron chi connectivity index (χ4n) is 4.27. The molecule has 0 N–H and O–H groups in total. The van der Waals surface area contributed by atoms with Gasteiger partial charge in [0.25, 0.3) is 0 Å². The molecule has 1 aliphatic rings. The van der Waals surface area contributed by atoms with Crippen molar-refractivity contribution in [3.05, 3.63) is 60.1 Å². The number of aromatic nitrogens is 7. The van der Waals surface area contributed by atoms with Gasteiger partial charge < -0.3 is 4.90 Å². The van der Waals surface area contributed by atoms with Gasteiger partial charge in [-0.25, -0.2) is 18.7 Å². The lowest BCUT2D eigenvalue weighted by molar-refractivity contribution is -0.132. The van der Waals surface area contributed by atoms with Gasteiger partial charge in [0.2, 0.25) is 5.95 Å². The Morgan fingerprint density at radius 1 is 1.09 bits per heavy atom. The normalized spacial score (nSPS) is 15.3. The van der Waals surface area contributed by atoms with Gasteiger partial charge in [-0.3, -0.25) is 9.13 Å². The first-order valence-electron chi connectivity index (χ1n) is 10.8. The van der Waals surface area contributed by atoms with Crippen molar-refractivity contribution in [1.29, 1.82) is 0 Å². The average molecular weight is 490 g/mol. The number of halogens is 5. The zero-order valence-electron chi connectivity index (χ0n) is 18.6. The van der Waals surface area contributed by atoms with Crippen LogP contribution in [0.15, 0.2) is 36.8 Å². The SMILES string of the molecule is CCC1c2nnc(C)n2-c2cnc(-n3ccnc3-c3cccc(F)c3F)nc2N1CCC(F)(F)F. The van der Waals surface area contributed by atoms with E-state index in [1.165, 1.54) is 40.2 Å². The first-order valence-corrected chi connectivity index (χ1v) is 10.8. The molecule has 1 aliphatic heterocycles. The average Bonchev–Trinajstić information content (AvgIpc) is 3.45. The van der Waals surface area contributed by atoms with Gasteiger partial charge in [0.05, 0.1) is 24.2 Å². The monoisotopic (exact) mass is 490 g/mol. The highest BCUT2D eigenvalue weighted by Crippen LogP contribution is 2.40. The maximum absolute atomic E-state index is 14.5. The van der Waals surface area contributed by atoms with E-state index in [2.05, 4.69) is 25.1 Å². The van der Waals surface area contributed by atoms with Crippen LogP contribution in [0.5, 0.6) is 0 Å². The fraction of sp³-hybridized carbons (Fsp3) is 0.318. The van der Waals surface area contributed by atoms with Gasteiger partial charge in [0.1, 0.15) is 17.3 Å². The molecule has 8 nitrogen and oxygen atoms in total. The van der Waals surface area contributed by atoms with Gasteiger partial charge in [0.15, 0.2) is 23.3 Å². The van der Waals surface area contributed by atoms with Crippen molar-refractivity contribution in [1.82, 2.24) is 34.3 Å². The number of alkyl halides is 3. The molecule has 5 rings (SSSR count). The van der Waals surface area contributed by atoms with Gasteiger partial charge in [-0.05, 0) is 25.5 Å². The Balaban J connectivity index is 1.66. The Hall–Kier alpha value is -3.90. The van der Waals surface area contributed by atoms with Crippen molar-refractivity contribution < 1.29 is 22.0 Å². The highest BCUT2D eigenvalue weighted by Gasteiger charge is 2.37. The third-order valence-corrected chi connectivity index (χ3v) is 5.85. The fourth-order valence-corrected chi connectivity index (χ4v) is 4.27. The van der Waals surface area contributed by atoms with E-state index in [-0.39, 0.29) is 29.7 Å². The molecule has 3 aromatic heterocycles. The Kier molecular flexibility index (Phi) is 5.49. The molecule has 0 radical (unpaired) electrons. The lowest BCUT2D eigenvalue weighted by atomic mass is 10.1. The first kappa shape index (κ1) is 22.9. The molecule has 0 saturated carbocycles. The van der Waals surface area contributed by atoms with Crippen LogP contribution in [-0.2, 0) is 0 Å². The van der Waals surface area contributed by atoms with Crippen molar-refractivity contribution in [3.8, 4) is 23.0 Å². The Labute approximate surface area is 196 Å². The molecule has 1 atom stereocenters. The highest BCUT2D eigenvalue weighted by atomic mass is 19.4. The zero-order chi connectivity index (χ0) is 24.9. The lowest BCUT2D eigenvalue weighted by Crippen LogP contribution is -2.38. The molecule has 4 aromatic rings. The van der Waals surface area contributed by atoms with Gasteiger partial charge in [-0.1, -0.05) is 13.0 Å². The van der Waals surface area contributed by atoms with E-state index >= 15 is 0 Å². The van der Waals surface area contributed by atoms with Crippen LogP contribution in [0.2, 0.25) is 0 Å². The Morgan fingerprint density at radius 2 is 1.89 bits per heavy atom. The van der Waals surface area contributed by atoms with Crippen molar-refractivity contribution in [2.75, 3.05) is 11.4 Å². The molecule has 0 aliphatic carbocycles. The van der Waals surface area contributed by atoms with Gasteiger partial charge in [-0.15, -0.1) is 10.2 Å². The summed E-state index contributed by atoms with van der Waals surface area (Å²) < 4.78 is 70.9. The molecule has 182 valence electrons. The van der Waals surface area contributed by atoms with E-state index in [0.29, 0.717) is 23.8 Å². The lowest BCUT2D eigenvalue weighted by Gasteiger charge is -2.37. The van der Waals surface area contributed by atoms with Crippen molar-refractivity contribution in [2.24, 2.45) is 0 Å². The minimum Gasteiger partial charge on any atom is -0.344 e. The smallest absolute Gasteiger partial charge is 0.344 e. The standard InChI is InChI=1S/C22H19F5N8/c1-3-15-20-32-31-12(2)35(20)16-11-29-21(30-19(16)33(15)9-7-22(25,26)27)34-10-8-28-18(34)13-5-4-6-14(23)17(13)24/h4-6,8,10-11,15H,3,7,9H2,1-2H3. The molecule has 0 bridgehead atoms. The van der Waals surface area contributed by atoms with Crippen LogP contribution >= 0.6 is 0 Å². The summed E-state index contributed by atoms with van der Waals surface area (Å²) in [7, 11) is 0. The summed E-state index contributed by atoms with van der Waals surface area (Å²) in [5, 5.41) is 8.29. The summed E-state index contributed by atoms with van der Waals surface area (Å²) in [5.41, 5.74) is 0.324. The summed E-state index contributed by atoms with van der Waals surface area (Å²) in [4.78, 5) is 14.6. The van der Waals surface area contributed by atoms with Crippen LogP contribution in [0.3, 0.4) is 0 Å². The molecule has 4 heterocycles. The second kappa shape index (κ2) is 8.40. The summed E-state index contributed by atoms with van der Waals surface area (Å²) in [6.45, 7) is 3.22. The van der Waals surface area contributed by atoms with Crippen molar-refractivity contribution >= 4 is 5.82 Å². The number of aryl methyl sites for hydroxylation is 1. The summed E-state index contributed by atoms with van der Waals surface area (Å²) in [5.74, 6) is -0.740. The maximum Gasteiger partial charge on any atom is 0.390 e. The van der Waals surface area contributed by atoms with Crippen LogP contribution in [0.4, 0.5) is 27.8 Å². The van der Waals surface area contributed by atoms with E-state index in [4.69, 9.17) is 0 Å². The van der Waals surface area contributed by atoms with Crippen LogP contribution in [0.1, 0.15) is 37.5 Å². The minimum absolute atomic E-state index is 0.0425. The Morgan fingerprint density at radius 3 is 2.63 bits per heavy atom. The molecular formula is C22H19F5N8. The number of nitrogens with zero attached hydrogens (tertiary/aromatic N) is 8. The van der Waals surface area contributed by atoms with Gasteiger partial charge in [-0.2, -0.15) is 18.2 Å². The Bertz CT molecular complexity index is 1390. The minimum atomic E-state index is -4.37. The molecule has 13 heteroatoms. The number of benzene rings is 1. The summed E-state index contributed by atoms with van der Waals surface area (Å²) in [6, 6.07) is 3.20. The van der Waals surface area contributed by atoms with Gasteiger partial charge in [0, 0.05) is 18.9 Å². The number of anilines is 1. The van der Waals surface area contributed by atoms with Crippen molar-refractivity contribution in [2.45, 2.75) is 38.9 Å². The molecule has 35 heavy (non-hydrogen) atoms. The second-order valence-corrected chi connectivity index (χ2v) is 8.02. The van der Waals surface area contributed by atoms with E-state index in [1.54, 1.807) is 11.5 Å². The topological polar surface area (TPSA) is 77.5 Å². The summed E-state index contributed by atoms with van der Waals surface area (Å²) in [6.07, 6.45) is -0.671. The maximum atomic E-state index is 14.5. The quantitative estimate of drug-likeness (QED) is 0.377. The second-order valence-electron chi connectivity index (χ2n) is 8.02. The van der Waals surface area contributed by atoms with E-state index in [1.807, 2.05) is 6.92 Å². The largest absolute Gasteiger partial charge is 0.390 e. The molecule has 1 unspecified atom stereocenters. The van der Waals surface area contributed by atoms with Crippen LogP contribution < -0.4 is 4.90 Å². The number of hydrogen-bond acceptors (Lipinski definition) is 6. The molecule has 1 aromatic carbocycles. The molecule has 0 fully saturated rings. The summed E-state index contributed by atoms with van der Waals surface area (Å²) >= 11 is 0. The van der Waals surface area contributed by atoms with Crippen molar-refractivity contribution in [3.63, 3.8) is 0 Å². The zero-order valence-corrected chi connectivity index (χ0v) is 18.6. The van der Waals surface area contributed by atoms with E-state index in [0.717, 1.165) is 6.07 Å². The number of fused-ring (bicyclic) bond motifs is 3. The number of imidazole rings is 1. The van der Waals surface area contributed by atoms with E-state index < -0.39 is 30.3 Å². The molecule has 0 spiro atoms. The molecule has 0 saturated heterocycles.